The van der Waals surface area contributed by atoms with Crippen molar-refractivity contribution in [2.45, 2.75) is 89.4 Å². The SMILES string of the molecule is CCCCCCCCCCCc1ccc(-c2noc(C3(C(=N)N)CC3)n2)cc1.Cl. The number of benzene rings is 1. The van der Waals surface area contributed by atoms with Crippen LogP contribution in [0.5, 0.6) is 0 Å². The van der Waals surface area contributed by atoms with Gasteiger partial charge >= 0.3 is 0 Å². The molecule has 5 nitrogen and oxygen atoms in total. The number of rotatable bonds is 13. The van der Waals surface area contributed by atoms with E-state index >= 15 is 0 Å². The first-order valence-corrected chi connectivity index (χ1v) is 10.9. The Morgan fingerprint density at radius 1 is 1.00 bits per heavy atom. The van der Waals surface area contributed by atoms with Crippen LogP contribution in [0.15, 0.2) is 28.8 Å². The number of nitrogens with two attached hydrogens (primary N) is 1. The molecule has 3 rings (SSSR count). The highest BCUT2D eigenvalue weighted by molar-refractivity contribution is 5.91. The molecule has 2 aromatic rings. The molecule has 0 spiro atoms. The Bertz CT molecular complexity index is 752. The van der Waals surface area contributed by atoms with E-state index < -0.39 is 5.41 Å². The van der Waals surface area contributed by atoms with Crippen LogP contribution in [0.1, 0.15) is 89.0 Å². The maximum Gasteiger partial charge on any atom is 0.240 e. The zero-order valence-electron chi connectivity index (χ0n) is 17.6. The maximum atomic E-state index is 7.73. The predicted molar refractivity (Wildman–Crippen MR) is 121 cm³/mol. The standard InChI is InChI=1S/C23H34N4O.ClH/c1-2-3-4-5-6-7-8-9-10-11-18-12-14-19(15-13-18)20-26-22(28-27-20)23(16-17-23)21(24)25;/h12-15H,2-11,16-17H2,1H3,(H3,24,25);1H. The number of hydrogen-bond donors (Lipinski definition) is 2. The van der Waals surface area contributed by atoms with Crippen molar-refractivity contribution in [3.63, 3.8) is 0 Å². The molecule has 1 aliphatic carbocycles. The lowest BCUT2D eigenvalue weighted by Gasteiger charge is -2.05. The van der Waals surface area contributed by atoms with Gasteiger partial charge in [-0.3, -0.25) is 5.41 Å². The molecule has 1 saturated carbocycles. The second-order valence-electron chi connectivity index (χ2n) is 8.19. The first-order valence-electron chi connectivity index (χ1n) is 10.9. The van der Waals surface area contributed by atoms with Crippen molar-refractivity contribution < 1.29 is 4.52 Å². The largest absolute Gasteiger partial charge is 0.387 e. The predicted octanol–water partition coefficient (Wildman–Crippen LogP) is 6.20. The number of nitrogens with one attached hydrogen (secondary N) is 1. The maximum absolute atomic E-state index is 7.73. The summed E-state index contributed by atoms with van der Waals surface area (Å²) in [5.74, 6) is 1.19. The van der Waals surface area contributed by atoms with Crippen molar-refractivity contribution in [2.24, 2.45) is 5.73 Å². The smallest absolute Gasteiger partial charge is 0.240 e. The molecule has 29 heavy (non-hydrogen) atoms. The van der Waals surface area contributed by atoms with Gasteiger partial charge in [-0.1, -0.05) is 87.7 Å². The summed E-state index contributed by atoms with van der Waals surface area (Å²) in [6.45, 7) is 2.27. The lowest BCUT2D eigenvalue weighted by molar-refractivity contribution is 0.367. The topological polar surface area (TPSA) is 88.8 Å². The number of halogens is 1. The molecular formula is C23H35ClN4O. The normalized spacial score (nSPS) is 14.4. The zero-order valence-corrected chi connectivity index (χ0v) is 18.4. The van der Waals surface area contributed by atoms with E-state index in [0.29, 0.717) is 11.7 Å². The van der Waals surface area contributed by atoms with Crippen molar-refractivity contribution in [3.05, 3.63) is 35.7 Å². The van der Waals surface area contributed by atoms with Gasteiger partial charge in [0.2, 0.25) is 11.7 Å². The third-order valence-corrected chi connectivity index (χ3v) is 5.88. The minimum Gasteiger partial charge on any atom is -0.387 e. The van der Waals surface area contributed by atoms with E-state index in [1.54, 1.807) is 0 Å². The van der Waals surface area contributed by atoms with E-state index in [0.717, 1.165) is 24.8 Å². The molecule has 3 N–H and O–H groups in total. The van der Waals surface area contributed by atoms with Crippen molar-refractivity contribution in [2.75, 3.05) is 0 Å². The summed E-state index contributed by atoms with van der Waals surface area (Å²) in [5, 5.41) is 11.8. The molecule has 0 unspecified atom stereocenters. The minimum absolute atomic E-state index is 0. The molecule has 1 aliphatic rings. The minimum atomic E-state index is -0.499. The fourth-order valence-electron chi connectivity index (χ4n) is 3.72. The van der Waals surface area contributed by atoms with Crippen molar-refractivity contribution >= 4 is 18.2 Å². The quantitative estimate of drug-likeness (QED) is 0.230. The summed E-state index contributed by atoms with van der Waals surface area (Å²) in [7, 11) is 0. The first-order chi connectivity index (χ1) is 13.7. The molecule has 160 valence electrons. The van der Waals surface area contributed by atoms with Gasteiger partial charge in [0.15, 0.2) is 0 Å². The summed E-state index contributed by atoms with van der Waals surface area (Å²) >= 11 is 0. The molecule has 1 fully saturated rings. The number of unbranched alkanes of at least 4 members (excludes halogenated alkanes) is 8. The van der Waals surface area contributed by atoms with Gasteiger partial charge in [-0.2, -0.15) is 4.98 Å². The highest BCUT2D eigenvalue weighted by Crippen LogP contribution is 2.47. The lowest BCUT2D eigenvalue weighted by atomic mass is 10.0. The molecule has 0 atom stereocenters. The van der Waals surface area contributed by atoms with Crippen LogP contribution >= 0.6 is 12.4 Å². The highest BCUT2D eigenvalue weighted by atomic mass is 35.5. The van der Waals surface area contributed by atoms with Crippen LogP contribution in [0.25, 0.3) is 11.4 Å². The van der Waals surface area contributed by atoms with E-state index in [4.69, 9.17) is 15.7 Å². The van der Waals surface area contributed by atoms with Crippen LogP contribution in [-0.2, 0) is 11.8 Å². The number of hydrogen-bond acceptors (Lipinski definition) is 4. The van der Waals surface area contributed by atoms with Gasteiger partial charge in [-0.25, -0.2) is 0 Å². The molecule has 0 aliphatic heterocycles. The molecular weight excluding hydrogens is 384 g/mol. The number of amidine groups is 1. The Hall–Kier alpha value is -1.88. The molecule has 6 heteroatoms. The lowest BCUT2D eigenvalue weighted by Crippen LogP contribution is -2.27. The number of aromatic nitrogens is 2. The van der Waals surface area contributed by atoms with Gasteiger partial charge in [-0.15, -0.1) is 12.4 Å². The third-order valence-electron chi connectivity index (χ3n) is 5.88. The Kier molecular flexibility index (Phi) is 9.15. The summed E-state index contributed by atoms with van der Waals surface area (Å²) in [6, 6.07) is 8.44. The summed E-state index contributed by atoms with van der Waals surface area (Å²) in [6.07, 6.45) is 15.0. The average Bonchev–Trinajstić information content (AvgIpc) is 3.38. The Balaban J connectivity index is 0.00000300. The fraction of sp³-hybridized carbons (Fsp3) is 0.609. The third kappa shape index (κ3) is 6.30. The molecule has 1 aromatic heterocycles. The highest BCUT2D eigenvalue weighted by Gasteiger charge is 2.52. The van der Waals surface area contributed by atoms with E-state index in [2.05, 4.69) is 41.3 Å². The summed E-state index contributed by atoms with van der Waals surface area (Å²) in [5.41, 5.74) is 7.50. The molecule has 0 amide bonds. The second-order valence-corrected chi connectivity index (χ2v) is 8.19. The second kappa shape index (κ2) is 11.3. The number of aryl methyl sites for hydroxylation is 1. The van der Waals surface area contributed by atoms with E-state index in [-0.39, 0.29) is 18.2 Å². The Labute approximate surface area is 180 Å². The fourth-order valence-corrected chi connectivity index (χ4v) is 3.72. The van der Waals surface area contributed by atoms with Gasteiger partial charge in [0, 0.05) is 5.56 Å². The van der Waals surface area contributed by atoms with Gasteiger partial charge in [0.1, 0.15) is 11.3 Å². The monoisotopic (exact) mass is 418 g/mol. The molecule has 1 heterocycles. The molecule has 0 saturated heterocycles. The summed E-state index contributed by atoms with van der Waals surface area (Å²) < 4.78 is 5.39. The number of nitrogens with zero attached hydrogens (tertiary/aromatic N) is 2. The van der Waals surface area contributed by atoms with E-state index in [9.17, 15) is 0 Å². The summed E-state index contributed by atoms with van der Waals surface area (Å²) in [4.78, 5) is 4.49. The van der Waals surface area contributed by atoms with Crippen LogP contribution in [0.3, 0.4) is 0 Å². The van der Waals surface area contributed by atoms with Crippen molar-refractivity contribution in [3.8, 4) is 11.4 Å². The average molecular weight is 419 g/mol. The molecule has 1 aromatic carbocycles. The van der Waals surface area contributed by atoms with Crippen LogP contribution in [0.4, 0.5) is 0 Å². The first kappa shape index (κ1) is 23.4. The molecule has 0 bridgehead atoms. The van der Waals surface area contributed by atoms with Gasteiger partial charge < -0.3 is 10.3 Å². The van der Waals surface area contributed by atoms with Crippen molar-refractivity contribution in [1.82, 2.24) is 10.1 Å². The van der Waals surface area contributed by atoms with Crippen molar-refractivity contribution in [1.29, 1.82) is 5.41 Å². The Morgan fingerprint density at radius 3 is 2.14 bits per heavy atom. The van der Waals surface area contributed by atoms with E-state index in [1.165, 1.54) is 63.4 Å². The molecule has 0 radical (unpaired) electrons. The van der Waals surface area contributed by atoms with Gasteiger partial charge in [0.25, 0.3) is 0 Å². The van der Waals surface area contributed by atoms with Gasteiger partial charge in [0.05, 0.1) is 0 Å². The van der Waals surface area contributed by atoms with E-state index in [1.807, 2.05) is 0 Å². The van der Waals surface area contributed by atoms with Gasteiger partial charge in [-0.05, 0) is 31.2 Å². The van der Waals surface area contributed by atoms with Crippen LogP contribution in [-0.4, -0.2) is 16.0 Å². The van der Waals surface area contributed by atoms with Crippen LogP contribution < -0.4 is 5.73 Å². The Morgan fingerprint density at radius 2 is 1.59 bits per heavy atom. The zero-order chi connectivity index (χ0) is 19.8. The van der Waals surface area contributed by atoms with Crippen LogP contribution in [0.2, 0.25) is 0 Å². The van der Waals surface area contributed by atoms with Crippen LogP contribution in [0, 0.1) is 5.41 Å².